The number of aromatic amines is 1. The molecule has 0 saturated carbocycles. The van der Waals surface area contributed by atoms with Crippen LogP contribution in [0, 0.1) is 11.6 Å². The number of carbonyl (C=O) groups is 1. The van der Waals surface area contributed by atoms with Crippen molar-refractivity contribution in [3.8, 4) is 11.1 Å². The van der Waals surface area contributed by atoms with E-state index >= 15 is 0 Å². The largest absolute Gasteiger partial charge is 0.320 e. The van der Waals surface area contributed by atoms with Crippen molar-refractivity contribution in [1.82, 2.24) is 25.0 Å². The molecule has 0 bridgehead atoms. The van der Waals surface area contributed by atoms with Crippen molar-refractivity contribution in [2.45, 2.75) is 6.54 Å². The summed E-state index contributed by atoms with van der Waals surface area (Å²) >= 11 is 0. The van der Waals surface area contributed by atoms with Crippen LogP contribution in [-0.2, 0) is 6.54 Å². The highest BCUT2D eigenvalue weighted by Gasteiger charge is 2.18. The molecule has 1 saturated heterocycles. The van der Waals surface area contributed by atoms with E-state index in [0.717, 1.165) is 37.9 Å². The van der Waals surface area contributed by atoms with Gasteiger partial charge in [-0.1, -0.05) is 18.2 Å². The second-order valence-electron chi connectivity index (χ2n) is 8.50. The average Bonchev–Trinajstić information content (AvgIpc) is 3.26. The van der Waals surface area contributed by atoms with E-state index in [9.17, 15) is 13.6 Å². The van der Waals surface area contributed by atoms with Gasteiger partial charge in [0.25, 0.3) is 5.91 Å². The number of benzene rings is 2. The number of aromatic nitrogens is 3. The number of nitrogens with one attached hydrogen (secondary N) is 2. The molecule has 7 nitrogen and oxygen atoms in total. The Hall–Kier alpha value is -3.69. The van der Waals surface area contributed by atoms with Crippen LogP contribution in [0.25, 0.3) is 22.0 Å². The molecule has 0 aliphatic carbocycles. The van der Waals surface area contributed by atoms with Crippen LogP contribution in [-0.4, -0.2) is 64.1 Å². The van der Waals surface area contributed by atoms with Crippen molar-refractivity contribution >= 4 is 22.5 Å². The van der Waals surface area contributed by atoms with E-state index in [4.69, 9.17) is 0 Å². The molecule has 0 atom stereocenters. The molecule has 3 heterocycles. The quantitative estimate of drug-likeness (QED) is 0.471. The van der Waals surface area contributed by atoms with E-state index in [0.29, 0.717) is 28.7 Å². The maximum absolute atomic E-state index is 14.3. The molecular formula is C25H24F2N6O. The number of pyridine rings is 1. The maximum Gasteiger partial charge on any atom is 0.276 e. The SMILES string of the molecule is CN1CCN(Cc2cc(NC(=O)c3n[nH]c4ccc(-c5cccc(F)c5F)cc34)ccn2)CC1. The number of H-pyrrole nitrogens is 1. The molecule has 0 spiro atoms. The fraction of sp³-hybridized carbons (Fsp3) is 0.240. The van der Waals surface area contributed by atoms with Gasteiger partial charge in [0.05, 0.1) is 11.2 Å². The topological polar surface area (TPSA) is 77.1 Å². The van der Waals surface area contributed by atoms with Crippen LogP contribution in [0.2, 0.25) is 0 Å². The normalized spacial score (nSPS) is 15.0. The Balaban J connectivity index is 1.36. The smallest absolute Gasteiger partial charge is 0.276 e. The fourth-order valence-electron chi connectivity index (χ4n) is 4.15. The minimum atomic E-state index is -0.930. The number of fused-ring (bicyclic) bond motifs is 1. The van der Waals surface area contributed by atoms with E-state index in [1.165, 1.54) is 12.1 Å². The third-order valence-corrected chi connectivity index (χ3v) is 6.10. The number of rotatable bonds is 5. The van der Waals surface area contributed by atoms with Gasteiger partial charge in [0, 0.05) is 55.6 Å². The molecule has 4 aromatic rings. The number of anilines is 1. The average molecular weight is 463 g/mol. The number of nitrogens with zero attached hydrogens (tertiary/aromatic N) is 4. The van der Waals surface area contributed by atoms with Crippen LogP contribution >= 0.6 is 0 Å². The summed E-state index contributed by atoms with van der Waals surface area (Å²) in [5, 5.41) is 10.4. The van der Waals surface area contributed by atoms with Crippen molar-refractivity contribution in [1.29, 1.82) is 0 Å². The lowest BCUT2D eigenvalue weighted by Gasteiger charge is -2.32. The molecule has 0 unspecified atom stereocenters. The van der Waals surface area contributed by atoms with Crippen LogP contribution in [0.1, 0.15) is 16.2 Å². The maximum atomic E-state index is 14.3. The summed E-state index contributed by atoms with van der Waals surface area (Å²) in [5.41, 5.74) is 2.86. The predicted molar refractivity (Wildman–Crippen MR) is 126 cm³/mol. The van der Waals surface area contributed by atoms with Crippen LogP contribution in [0.5, 0.6) is 0 Å². The van der Waals surface area contributed by atoms with E-state index in [2.05, 4.69) is 37.3 Å². The summed E-state index contributed by atoms with van der Waals surface area (Å²) in [5.74, 6) is -2.26. The van der Waals surface area contributed by atoms with E-state index in [1.54, 1.807) is 30.5 Å². The molecule has 5 rings (SSSR count). The second-order valence-corrected chi connectivity index (χ2v) is 8.50. The first kappa shape index (κ1) is 22.1. The Bertz CT molecular complexity index is 1350. The molecule has 174 valence electrons. The van der Waals surface area contributed by atoms with Gasteiger partial charge in [0.2, 0.25) is 0 Å². The lowest BCUT2D eigenvalue weighted by molar-refractivity contribution is 0.102. The standard InChI is InChI=1S/C25H24F2N6O/c1-32-9-11-33(12-10-32)15-18-14-17(7-8-28-18)29-25(34)24-20-13-16(5-6-22(20)30-31-24)19-3-2-4-21(26)23(19)27/h2-8,13-14H,9-12,15H2,1H3,(H,30,31)(H,28,29,34). The highest BCUT2D eigenvalue weighted by Crippen LogP contribution is 2.28. The van der Waals surface area contributed by atoms with Crippen molar-refractivity contribution in [2.75, 3.05) is 38.5 Å². The minimum Gasteiger partial charge on any atom is -0.320 e. The number of carbonyl (C=O) groups excluding carboxylic acids is 1. The first-order valence-corrected chi connectivity index (χ1v) is 11.1. The fourth-order valence-corrected chi connectivity index (χ4v) is 4.15. The third kappa shape index (κ3) is 4.52. The Kier molecular flexibility index (Phi) is 6.04. The molecule has 1 fully saturated rings. The van der Waals surface area contributed by atoms with E-state index in [-0.39, 0.29) is 11.3 Å². The number of amides is 1. The Morgan fingerprint density at radius 1 is 1.09 bits per heavy atom. The van der Waals surface area contributed by atoms with Crippen LogP contribution in [0.3, 0.4) is 0 Å². The van der Waals surface area contributed by atoms with Gasteiger partial charge in [0.1, 0.15) is 0 Å². The Morgan fingerprint density at radius 3 is 2.74 bits per heavy atom. The van der Waals surface area contributed by atoms with Gasteiger partial charge < -0.3 is 10.2 Å². The zero-order valence-electron chi connectivity index (χ0n) is 18.7. The zero-order chi connectivity index (χ0) is 23.7. The van der Waals surface area contributed by atoms with Gasteiger partial charge in [-0.15, -0.1) is 0 Å². The molecule has 1 amide bonds. The van der Waals surface area contributed by atoms with Gasteiger partial charge in [0.15, 0.2) is 17.3 Å². The monoisotopic (exact) mass is 462 g/mol. The number of halogens is 2. The van der Waals surface area contributed by atoms with Gasteiger partial charge in [-0.3, -0.25) is 19.8 Å². The number of piperazine rings is 1. The Morgan fingerprint density at radius 2 is 1.91 bits per heavy atom. The summed E-state index contributed by atoms with van der Waals surface area (Å²) in [4.78, 5) is 22.1. The van der Waals surface area contributed by atoms with Crippen LogP contribution < -0.4 is 5.32 Å². The summed E-state index contributed by atoms with van der Waals surface area (Å²) in [6.45, 7) is 4.70. The molecule has 1 aliphatic rings. The van der Waals surface area contributed by atoms with Crippen molar-refractivity contribution in [3.63, 3.8) is 0 Å². The third-order valence-electron chi connectivity index (χ3n) is 6.10. The highest BCUT2D eigenvalue weighted by atomic mass is 19.2. The lowest BCUT2D eigenvalue weighted by Crippen LogP contribution is -2.44. The number of likely N-dealkylation sites (N-methyl/N-ethyl adjacent to an activating group) is 1. The minimum absolute atomic E-state index is 0.122. The molecule has 1 aliphatic heterocycles. The molecule has 2 aromatic heterocycles. The van der Waals surface area contributed by atoms with Crippen molar-refractivity contribution in [2.24, 2.45) is 0 Å². The molecule has 2 aromatic carbocycles. The van der Waals surface area contributed by atoms with Gasteiger partial charge in [-0.05, 0) is 42.9 Å². The first-order chi connectivity index (χ1) is 16.5. The van der Waals surface area contributed by atoms with E-state index in [1.807, 2.05) is 6.07 Å². The van der Waals surface area contributed by atoms with Gasteiger partial charge >= 0.3 is 0 Å². The van der Waals surface area contributed by atoms with Crippen LogP contribution in [0.15, 0.2) is 54.7 Å². The molecule has 0 radical (unpaired) electrons. The van der Waals surface area contributed by atoms with Crippen LogP contribution in [0.4, 0.5) is 14.5 Å². The number of hydrogen-bond acceptors (Lipinski definition) is 5. The highest BCUT2D eigenvalue weighted by molar-refractivity contribution is 6.11. The second kappa shape index (κ2) is 9.28. The predicted octanol–water partition coefficient (Wildman–Crippen LogP) is 3.90. The van der Waals surface area contributed by atoms with Crippen molar-refractivity contribution < 1.29 is 13.6 Å². The zero-order valence-corrected chi connectivity index (χ0v) is 18.7. The number of hydrogen-bond donors (Lipinski definition) is 2. The molecule has 34 heavy (non-hydrogen) atoms. The van der Waals surface area contributed by atoms with Gasteiger partial charge in [-0.25, -0.2) is 8.78 Å². The summed E-state index contributed by atoms with van der Waals surface area (Å²) in [7, 11) is 2.11. The van der Waals surface area contributed by atoms with Crippen molar-refractivity contribution in [3.05, 3.63) is 77.8 Å². The summed E-state index contributed by atoms with van der Waals surface area (Å²) < 4.78 is 28.0. The molecular weight excluding hydrogens is 438 g/mol. The summed E-state index contributed by atoms with van der Waals surface area (Å²) in [6.07, 6.45) is 1.68. The molecule has 9 heteroatoms. The van der Waals surface area contributed by atoms with E-state index < -0.39 is 17.5 Å². The lowest BCUT2D eigenvalue weighted by atomic mass is 10.0. The first-order valence-electron chi connectivity index (χ1n) is 11.1. The Labute approximate surface area is 195 Å². The summed E-state index contributed by atoms with van der Waals surface area (Å²) in [6, 6.07) is 12.6. The molecule has 2 N–H and O–H groups in total. The van der Waals surface area contributed by atoms with Gasteiger partial charge in [-0.2, -0.15) is 5.10 Å².